The maximum Gasteiger partial charge on any atom is 0.331 e. The minimum Gasteiger partial charge on any atom is -0.452 e. The van der Waals surface area contributed by atoms with Crippen molar-refractivity contribution in [1.29, 1.82) is 0 Å². The number of hydrogen-bond donors (Lipinski definition) is 1. The predicted molar refractivity (Wildman–Crippen MR) is 77.7 cm³/mol. The molecule has 0 aliphatic heterocycles. The van der Waals surface area contributed by atoms with Crippen LogP contribution in [0.3, 0.4) is 0 Å². The van der Waals surface area contributed by atoms with Crippen molar-refractivity contribution in [1.82, 2.24) is 10.2 Å². The number of likely N-dealkylation sites (N-methyl/N-ethyl adjacent to an activating group) is 2. The normalized spacial score (nSPS) is 10.1. The topological polar surface area (TPSA) is 102 Å². The largest absolute Gasteiger partial charge is 0.452 e. The summed E-state index contributed by atoms with van der Waals surface area (Å²) < 4.78 is 9.28. The highest BCUT2D eigenvalue weighted by atomic mass is 16.5. The number of esters is 2. The van der Waals surface area contributed by atoms with Crippen LogP contribution in [0.2, 0.25) is 0 Å². The molecule has 8 nitrogen and oxygen atoms in total. The van der Waals surface area contributed by atoms with Crippen molar-refractivity contribution in [3.05, 3.63) is 12.2 Å². The van der Waals surface area contributed by atoms with Gasteiger partial charge in [0.15, 0.2) is 13.2 Å². The Hall–Kier alpha value is -2.38. The molecule has 0 aromatic rings. The van der Waals surface area contributed by atoms with Gasteiger partial charge in [0, 0.05) is 31.8 Å². The minimum atomic E-state index is -0.849. The van der Waals surface area contributed by atoms with Crippen LogP contribution in [0.15, 0.2) is 12.2 Å². The molecular formula is C14H22N2O6. The van der Waals surface area contributed by atoms with Gasteiger partial charge in [-0.15, -0.1) is 0 Å². The third-order valence-electron chi connectivity index (χ3n) is 2.53. The molecule has 0 saturated carbocycles. The first-order valence-electron chi connectivity index (χ1n) is 7.00. The predicted octanol–water partition coefficient (Wildman–Crippen LogP) is -0.366. The van der Waals surface area contributed by atoms with E-state index in [0.717, 1.165) is 12.2 Å². The Balaban J connectivity index is 4.07. The molecule has 0 aliphatic rings. The summed E-state index contributed by atoms with van der Waals surface area (Å²) in [6, 6.07) is 0. The van der Waals surface area contributed by atoms with E-state index in [1.54, 1.807) is 6.92 Å². The Morgan fingerprint density at radius 2 is 1.41 bits per heavy atom. The highest BCUT2D eigenvalue weighted by Gasteiger charge is 2.11. The van der Waals surface area contributed by atoms with Crippen molar-refractivity contribution in [3.63, 3.8) is 0 Å². The molecule has 0 aromatic carbocycles. The van der Waals surface area contributed by atoms with Gasteiger partial charge in [-0.05, 0) is 20.8 Å². The van der Waals surface area contributed by atoms with E-state index >= 15 is 0 Å². The highest BCUT2D eigenvalue weighted by Crippen LogP contribution is 1.92. The SMILES string of the molecule is CCNC(=O)COC(=O)/C=C/C(=O)OCC(=O)N(CC)CC. The molecule has 0 heterocycles. The Morgan fingerprint density at radius 1 is 0.909 bits per heavy atom. The van der Waals surface area contributed by atoms with Gasteiger partial charge in [0.05, 0.1) is 0 Å². The average molecular weight is 314 g/mol. The van der Waals surface area contributed by atoms with Gasteiger partial charge in [0.2, 0.25) is 0 Å². The molecule has 0 saturated heterocycles. The summed E-state index contributed by atoms with van der Waals surface area (Å²) in [4.78, 5) is 46.7. The van der Waals surface area contributed by atoms with Crippen LogP contribution < -0.4 is 5.32 Å². The summed E-state index contributed by atoms with van der Waals surface area (Å²) in [5.41, 5.74) is 0. The monoisotopic (exact) mass is 314 g/mol. The average Bonchev–Trinajstić information content (AvgIpc) is 2.50. The van der Waals surface area contributed by atoms with Gasteiger partial charge >= 0.3 is 11.9 Å². The summed E-state index contributed by atoms with van der Waals surface area (Å²) in [6.07, 6.45) is 1.68. The third kappa shape index (κ3) is 8.72. The van der Waals surface area contributed by atoms with Crippen molar-refractivity contribution in [2.45, 2.75) is 20.8 Å². The number of rotatable bonds is 9. The minimum absolute atomic E-state index is 0.314. The van der Waals surface area contributed by atoms with Crippen molar-refractivity contribution in [2.24, 2.45) is 0 Å². The molecule has 0 rings (SSSR count). The summed E-state index contributed by atoms with van der Waals surface area (Å²) in [6.45, 7) is 6.02. The fourth-order valence-corrected chi connectivity index (χ4v) is 1.42. The van der Waals surface area contributed by atoms with E-state index in [4.69, 9.17) is 4.74 Å². The summed E-state index contributed by atoms with van der Waals surface area (Å²) in [5, 5.41) is 2.45. The van der Waals surface area contributed by atoms with E-state index in [0.29, 0.717) is 19.6 Å². The number of amides is 2. The van der Waals surface area contributed by atoms with Crippen LogP contribution in [0, 0.1) is 0 Å². The molecule has 0 aromatic heterocycles. The van der Waals surface area contributed by atoms with Gasteiger partial charge < -0.3 is 19.7 Å². The third-order valence-corrected chi connectivity index (χ3v) is 2.53. The Labute approximate surface area is 129 Å². The van der Waals surface area contributed by atoms with Crippen LogP contribution in [0.1, 0.15) is 20.8 Å². The summed E-state index contributed by atoms with van der Waals surface area (Å²) >= 11 is 0. The molecule has 0 aliphatic carbocycles. The second-order valence-electron chi connectivity index (χ2n) is 4.07. The van der Waals surface area contributed by atoms with Crippen LogP contribution in [0.25, 0.3) is 0 Å². The zero-order valence-corrected chi connectivity index (χ0v) is 13.1. The van der Waals surface area contributed by atoms with Crippen molar-refractivity contribution in [3.8, 4) is 0 Å². The molecule has 0 unspecified atom stereocenters. The van der Waals surface area contributed by atoms with E-state index < -0.39 is 31.1 Å². The summed E-state index contributed by atoms with van der Waals surface area (Å²) in [7, 11) is 0. The first kappa shape index (κ1) is 19.6. The molecule has 0 radical (unpaired) electrons. The quantitative estimate of drug-likeness (QED) is 0.460. The van der Waals surface area contributed by atoms with Crippen LogP contribution >= 0.6 is 0 Å². The number of carbonyl (C=O) groups excluding carboxylic acids is 4. The number of nitrogens with zero attached hydrogens (tertiary/aromatic N) is 1. The lowest BCUT2D eigenvalue weighted by Gasteiger charge is -2.17. The first-order valence-corrected chi connectivity index (χ1v) is 7.00. The molecule has 1 N–H and O–H groups in total. The van der Waals surface area contributed by atoms with E-state index in [1.807, 2.05) is 13.8 Å². The van der Waals surface area contributed by atoms with Gasteiger partial charge in [-0.2, -0.15) is 0 Å². The van der Waals surface area contributed by atoms with Crippen molar-refractivity contribution >= 4 is 23.8 Å². The number of hydrogen-bond acceptors (Lipinski definition) is 6. The standard InChI is InChI=1S/C14H22N2O6/c1-4-15-11(17)9-21-13(19)7-8-14(20)22-10-12(18)16(5-2)6-3/h7-8H,4-6,9-10H2,1-3H3,(H,15,17)/b8-7+. The molecular weight excluding hydrogens is 292 g/mol. The maximum atomic E-state index is 11.6. The Kier molecular flexibility index (Phi) is 10.1. The van der Waals surface area contributed by atoms with Crippen molar-refractivity contribution in [2.75, 3.05) is 32.8 Å². The van der Waals surface area contributed by atoms with Gasteiger partial charge in [-0.1, -0.05) is 0 Å². The molecule has 124 valence electrons. The molecule has 2 amide bonds. The van der Waals surface area contributed by atoms with E-state index in [9.17, 15) is 19.2 Å². The van der Waals surface area contributed by atoms with Crippen LogP contribution in [-0.2, 0) is 28.7 Å². The molecule has 0 bridgehead atoms. The van der Waals surface area contributed by atoms with E-state index in [1.165, 1.54) is 4.90 Å². The van der Waals surface area contributed by atoms with E-state index in [2.05, 4.69) is 10.1 Å². The van der Waals surface area contributed by atoms with Crippen LogP contribution in [-0.4, -0.2) is 61.5 Å². The fourth-order valence-electron chi connectivity index (χ4n) is 1.42. The number of ether oxygens (including phenoxy) is 2. The zero-order valence-electron chi connectivity index (χ0n) is 13.1. The number of nitrogens with one attached hydrogen (secondary N) is 1. The van der Waals surface area contributed by atoms with Gasteiger partial charge in [-0.3, -0.25) is 9.59 Å². The molecule has 0 fully saturated rings. The Bertz CT molecular complexity index is 429. The van der Waals surface area contributed by atoms with Gasteiger partial charge in [0.25, 0.3) is 11.8 Å². The smallest absolute Gasteiger partial charge is 0.331 e. The fraction of sp³-hybridized carbons (Fsp3) is 0.571. The maximum absolute atomic E-state index is 11.6. The molecule has 0 spiro atoms. The van der Waals surface area contributed by atoms with E-state index in [-0.39, 0.29) is 5.91 Å². The van der Waals surface area contributed by atoms with Crippen molar-refractivity contribution < 1.29 is 28.7 Å². The number of carbonyl (C=O) groups is 4. The van der Waals surface area contributed by atoms with Gasteiger partial charge in [-0.25, -0.2) is 9.59 Å². The zero-order chi connectivity index (χ0) is 17.0. The highest BCUT2D eigenvalue weighted by molar-refractivity contribution is 5.93. The first-order chi connectivity index (χ1) is 10.4. The second-order valence-corrected chi connectivity index (χ2v) is 4.07. The lowest BCUT2D eigenvalue weighted by Crippen LogP contribution is -2.34. The lowest BCUT2D eigenvalue weighted by atomic mass is 10.4. The molecule has 22 heavy (non-hydrogen) atoms. The van der Waals surface area contributed by atoms with Crippen LogP contribution in [0.5, 0.6) is 0 Å². The second kappa shape index (κ2) is 11.3. The Morgan fingerprint density at radius 3 is 1.86 bits per heavy atom. The molecule has 8 heteroatoms. The van der Waals surface area contributed by atoms with Gasteiger partial charge in [0.1, 0.15) is 0 Å². The molecule has 0 atom stereocenters. The summed E-state index contributed by atoms with van der Waals surface area (Å²) in [5.74, 6) is -2.43. The van der Waals surface area contributed by atoms with Crippen LogP contribution in [0.4, 0.5) is 0 Å². The lowest BCUT2D eigenvalue weighted by molar-refractivity contribution is -0.148.